The van der Waals surface area contributed by atoms with Crippen LogP contribution in [0.3, 0.4) is 0 Å². The standard InChI is InChI=1S/C18H35O.C2H6O4S.Na/c1-2-3-4-5-6-7-8-9-10-11-12-13-14-15-16-17-18-19;3-1-2-7(4,5)6;/h2-17H2,1H3;3H,1-2H2,(H,4,5,6);. The van der Waals surface area contributed by atoms with Gasteiger partial charge in [0.15, 0.2) is 0 Å². The SMILES string of the molecule is CCCCCCCCCCCCCCCCC[C](=O)[Na].O=S(=O)(O)CCO. The van der Waals surface area contributed by atoms with Crippen molar-refractivity contribution in [2.45, 2.75) is 110 Å². The zero-order chi connectivity index (χ0) is 20.8. The summed E-state index contributed by atoms with van der Waals surface area (Å²) in [4.78, 5) is 10.8. The van der Waals surface area contributed by atoms with E-state index in [0.29, 0.717) is 3.03 Å². The molecule has 0 rings (SSSR count). The van der Waals surface area contributed by atoms with E-state index in [9.17, 15) is 13.2 Å². The van der Waals surface area contributed by atoms with Gasteiger partial charge in [0.25, 0.3) is 10.1 Å². The third-order valence-corrected chi connectivity index (χ3v) is 5.68. The van der Waals surface area contributed by atoms with Gasteiger partial charge in [-0.15, -0.1) is 0 Å². The molecule has 0 aromatic carbocycles. The number of carbonyl (C=O) groups excluding carboxylic acids is 1. The van der Waals surface area contributed by atoms with Gasteiger partial charge in [-0.05, 0) is 0 Å². The Morgan fingerprint density at radius 1 is 0.741 bits per heavy atom. The number of hydrogen-bond acceptors (Lipinski definition) is 4. The van der Waals surface area contributed by atoms with Gasteiger partial charge in [0.2, 0.25) is 0 Å². The first-order valence-electron chi connectivity index (χ1n) is 10.9. The van der Waals surface area contributed by atoms with E-state index >= 15 is 0 Å². The second-order valence-corrected chi connectivity index (χ2v) is 10.1. The minimum absolute atomic E-state index is 0.486. The smallest absolute Gasteiger partial charge is 0.267 e. The first kappa shape index (κ1) is 29.7. The van der Waals surface area contributed by atoms with E-state index < -0.39 is 22.5 Å². The number of hydrogen-bond donors (Lipinski definition) is 2. The van der Waals surface area contributed by atoms with E-state index in [2.05, 4.69) is 6.92 Å². The van der Waals surface area contributed by atoms with Crippen molar-refractivity contribution in [1.82, 2.24) is 0 Å². The van der Waals surface area contributed by atoms with Crippen molar-refractivity contribution in [2.75, 3.05) is 12.4 Å². The first-order valence-corrected chi connectivity index (χ1v) is 13.5. The predicted molar refractivity (Wildman–Crippen MR) is 114 cm³/mol. The summed E-state index contributed by atoms with van der Waals surface area (Å²) < 4.78 is 27.6. The molecule has 2 N–H and O–H groups in total. The van der Waals surface area contributed by atoms with Gasteiger partial charge in [0.1, 0.15) is 0 Å². The molecule has 0 heterocycles. The van der Waals surface area contributed by atoms with Crippen LogP contribution in [-0.4, -0.2) is 61.4 Å². The molecule has 0 fully saturated rings. The van der Waals surface area contributed by atoms with Crippen LogP contribution in [0.25, 0.3) is 0 Å². The van der Waals surface area contributed by atoms with Gasteiger partial charge in [0, 0.05) is 0 Å². The van der Waals surface area contributed by atoms with Crippen LogP contribution >= 0.6 is 0 Å². The minimum Gasteiger partial charge on any atom is -0.395 e. The van der Waals surface area contributed by atoms with Gasteiger partial charge in [-0.1, -0.05) is 39.0 Å². The minimum atomic E-state index is -3.92. The van der Waals surface area contributed by atoms with Crippen LogP contribution in [0, 0.1) is 0 Å². The van der Waals surface area contributed by atoms with Crippen LogP contribution in [0.15, 0.2) is 0 Å². The summed E-state index contributed by atoms with van der Waals surface area (Å²) >= 11 is 0.751. The fourth-order valence-electron chi connectivity index (χ4n) is 2.86. The Hall–Kier alpha value is 0.540. The Bertz CT molecular complexity index is 413. The summed E-state index contributed by atoms with van der Waals surface area (Å²) in [7, 11) is -3.92. The van der Waals surface area contributed by atoms with E-state index in [1.807, 2.05) is 0 Å². The molecule has 0 bridgehead atoms. The van der Waals surface area contributed by atoms with Crippen molar-refractivity contribution in [2.24, 2.45) is 0 Å². The maximum absolute atomic E-state index is 10.8. The Labute approximate surface area is 185 Å². The monoisotopic (exact) mass is 416 g/mol. The molecule has 5 nitrogen and oxygen atoms in total. The number of carbonyl (C=O) groups is 1. The van der Waals surface area contributed by atoms with Crippen LogP contribution in [-0.2, 0) is 14.9 Å². The van der Waals surface area contributed by atoms with Gasteiger partial charge in [-0.25, -0.2) is 0 Å². The van der Waals surface area contributed by atoms with Gasteiger partial charge in [-0.2, -0.15) is 8.42 Å². The van der Waals surface area contributed by atoms with E-state index in [0.717, 1.165) is 40.8 Å². The molecular weight excluding hydrogens is 375 g/mol. The first-order chi connectivity index (χ1) is 12.8. The predicted octanol–water partition coefficient (Wildman–Crippen LogP) is 4.81. The molecule has 0 aliphatic heterocycles. The van der Waals surface area contributed by atoms with Gasteiger partial charge in [-0.3, -0.25) is 4.55 Å². The Kier molecular flexibility index (Phi) is 25.1. The molecule has 0 spiro atoms. The van der Waals surface area contributed by atoms with E-state index in [1.54, 1.807) is 0 Å². The topological polar surface area (TPSA) is 91.7 Å². The van der Waals surface area contributed by atoms with Crippen LogP contribution in [0.2, 0.25) is 0 Å². The van der Waals surface area contributed by atoms with Crippen molar-refractivity contribution in [1.29, 1.82) is 0 Å². The van der Waals surface area contributed by atoms with Crippen molar-refractivity contribution < 1.29 is 22.9 Å². The molecule has 0 radical (unpaired) electrons. The number of aliphatic hydroxyl groups is 1. The molecule has 0 aromatic heterocycles. The largest absolute Gasteiger partial charge is 0.395 e. The van der Waals surface area contributed by atoms with Crippen molar-refractivity contribution >= 4 is 41.1 Å². The fraction of sp³-hybridized carbons (Fsp3) is 0.950. The van der Waals surface area contributed by atoms with Crippen molar-refractivity contribution in [3.8, 4) is 0 Å². The Balaban J connectivity index is 0. The van der Waals surface area contributed by atoms with Gasteiger partial charge >= 0.3 is 106 Å². The molecule has 0 unspecified atom stereocenters. The average molecular weight is 417 g/mol. The van der Waals surface area contributed by atoms with Crippen molar-refractivity contribution in [3.05, 3.63) is 0 Å². The summed E-state index contributed by atoms with van der Waals surface area (Å²) in [5.41, 5.74) is 0. The van der Waals surface area contributed by atoms with Crippen LogP contribution in [0.5, 0.6) is 0 Å². The summed E-state index contributed by atoms with van der Waals surface area (Å²) in [6.45, 7) is 1.75. The molecule has 0 atom stereocenters. The Morgan fingerprint density at radius 2 is 1.07 bits per heavy atom. The fourth-order valence-corrected chi connectivity index (χ4v) is 3.44. The van der Waals surface area contributed by atoms with Crippen LogP contribution < -0.4 is 0 Å². The van der Waals surface area contributed by atoms with Crippen LogP contribution in [0.4, 0.5) is 0 Å². The zero-order valence-electron chi connectivity index (χ0n) is 17.8. The van der Waals surface area contributed by atoms with E-state index in [4.69, 9.17) is 9.66 Å². The molecule has 158 valence electrons. The normalized spacial score (nSPS) is 11.1. The summed E-state index contributed by atoms with van der Waals surface area (Å²) in [6, 6.07) is 0. The number of rotatable bonds is 18. The Morgan fingerprint density at radius 3 is 1.30 bits per heavy atom. The number of aliphatic hydroxyl groups excluding tert-OH is 1. The molecule has 7 heteroatoms. The molecule has 0 aromatic rings. The van der Waals surface area contributed by atoms with E-state index in [1.165, 1.54) is 89.9 Å². The maximum Gasteiger partial charge on any atom is 0.267 e. The molecular formula is C20H41NaO5S. The van der Waals surface area contributed by atoms with Crippen molar-refractivity contribution in [3.63, 3.8) is 0 Å². The molecule has 0 aliphatic carbocycles. The molecule has 0 saturated carbocycles. The molecule has 0 saturated heterocycles. The molecule has 0 aliphatic rings. The zero-order valence-corrected chi connectivity index (χ0v) is 20.6. The molecule has 0 amide bonds. The van der Waals surface area contributed by atoms with E-state index in [-0.39, 0.29) is 0 Å². The van der Waals surface area contributed by atoms with Gasteiger partial charge in [0.05, 0.1) is 12.4 Å². The third kappa shape index (κ3) is 34.4. The van der Waals surface area contributed by atoms with Crippen LogP contribution in [0.1, 0.15) is 110 Å². The maximum atomic E-state index is 10.8. The summed E-state index contributed by atoms with van der Waals surface area (Å²) in [5, 5.41) is 7.86. The summed E-state index contributed by atoms with van der Waals surface area (Å²) in [5.74, 6) is -0.576. The van der Waals surface area contributed by atoms with Gasteiger partial charge < -0.3 is 5.11 Å². The quantitative estimate of drug-likeness (QED) is 0.190. The average Bonchev–Trinajstić information content (AvgIpc) is 2.57. The number of unbranched alkanes of at least 4 members (excludes halogenated alkanes) is 14. The molecule has 27 heavy (non-hydrogen) atoms. The summed E-state index contributed by atoms with van der Waals surface area (Å²) in [6.07, 6.45) is 21.8. The second-order valence-electron chi connectivity index (χ2n) is 7.41. The second kappa shape index (κ2) is 22.8. The third-order valence-electron chi connectivity index (χ3n) is 4.48.